The Balaban J connectivity index is 0.000000250. The summed E-state index contributed by atoms with van der Waals surface area (Å²) < 4.78 is 0. The van der Waals surface area contributed by atoms with Gasteiger partial charge in [-0.15, -0.1) is 10.2 Å². The predicted molar refractivity (Wildman–Crippen MR) is 19.9 cm³/mol. The van der Waals surface area contributed by atoms with Gasteiger partial charge in [-0.05, 0) is 0 Å². The molecule has 1 heterocycles. The Morgan fingerprint density at radius 2 is 2.33 bits per heavy atom. The molecule has 0 atom stereocenters. The molecule has 0 amide bonds. The number of nitrogens with zero attached hydrogens (tertiary/aromatic N) is 3. The van der Waals surface area contributed by atoms with Crippen LogP contribution >= 0.6 is 0 Å². The first-order valence-electron chi connectivity index (χ1n) is 1.16. The predicted octanol–water partition coefficient (Wildman–Crippen LogP) is -1.18. The Kier molecular flexibility index (Phi) is 3.31. The van der Waals surface area contributed by atoms with Gasteiger partial charge in [0.05, 0.1) is 0 Å². The molecular formula is CH2N4Na. The zero-order chi connectivity index (χ0) is 3.54. The summed E-state index contributed by atoms with van der Waals surface area (Å²) in [4.78, 5) is 0. The Bertz CT molecular complexity index is 64.0. The summed E-state index contributed by atoms with van der Waals surface area (Å²) in [5.74, 6) is 0. The van der Waals surface area contributed by atoms with E-state index >= 15 is 0 Å². The number of H-pyrrole nitrogens is 1. The fraction of sp³-hybridized carbons (Fsp3) is 0. The first-order valence-corrected chi connectivity index (χ1v) is 1.16. The van der Waals surface area contributed by atoms with Crippen molar-refractivity contribution in [1.82, 2.24) is 20.6 Å². The minimum Gasteiger partial charge on any atom is -0.177 e. The van der Waals surface area contributed by atoms with E-state index in [1.54, 1.807) is 0 Å². The first kappa shape index (κ1) is 6.07. The Hall–Kier alpha value is 0.0700. The Morgan fingerprint density at radius 3 is 2.50 bits per heavy atom. The van der Waals surface area contributed by atoms with Gasteiger partial charge in [0.1, 0.15) is 0 Å². The summed E-state index contributed by atoms with van der Waals surface area (Å²) in [5, 5.41) is 12.2. The molecule has 1 radical (unpaired) electrons. The molecule has 0 aromatic carbocycles. The average molecular weight is 93.0 g/mol. The van der Waals surface area contributed by atoms with Crippen molar-refractivity contribution in [2.24, 2.45) is 0 Å². The molecule has 0 unspecified atom stereocenters. The molecule has 5 heteroatoms. The number of hydrogen-bond donors (Lipinski definition) is 1. The van der Waals surface area contributed by atoms with Crippen molar-refractivity contribution < 1.29 is 0 Å². The SMILES string of the molecule is [Na].c1nn[nH]n1. The van der Waals surface area contributed by atoms with E-state index in [-0.39, 0.29) is 29.6 Å². The third-order valence-corrected chi connectivity index (χ3v) is 0.270. The molecule has 0 bridgehead atoms. The van der Waals surface area contributed by atoms with Crippen LogP contribution in [0.15, 0.2) is 6.33 Å². The van der Waals surface area contributed by atoms with E-state index in [9.17, 15) is 0 Å². The smallest absolute Gasteiger partial charge is 0.161 e. The van der Waals surface area contributed by atoms with Crippen molar-refractivity contribution in [2.45, 2.75) is 0 Å². The second-order valence-electron chi connectivity index (χ2n) is 0.560. The molecule has 4 nitrogen and oxygen atoms in total. The van der Waals surface area contributed by atoms with E-state index in [2.05, 4.69) is 20.6 Å². The summed E-state index contributed by atoms with van der Waals surface area (Å²) in [6.45, 7) is 0. The van der Waals surface area contributed by atoms with Crippen LogP contribution in [0.25, 0.3) is 0 Å². The van der Waals surface area contributed by atoms with Crippen LogP contribution in [0.2, 0.25) is 0 Å². The average Bonchev–Trinajstić information content (AvgIpc) is 1.76. The van der Waals surface area contributed by atoms with Gasteiger partial charge in [0.25, 0.3) is 0 Å². The molecular weight excluding hydrogens is 91.0 g/mol. The van der Waals surface area contributed by atoms with E-state index in [0.29, 0.717) is 0 Å². The normalized spacial score (nSPS) is 6.67. The summed E-state index contributed by atoms with van der Waals surface area (Å²) in [7, 11) is 0. The minimum absolute atomic E-state index is 0. The van der Waals surface area contributed by atoms with Crippen molar-refractivity contribution in [2.75, 3.05) is 0 Å². The fourth-order valence-corrected chi connectivity index (χ4v) is 0.129. The number of aromatic amines is 1. The topological polar surface area (TPSA) is 54.5 Å². The third kappa shape index (κ3) is 1.49. The second-order valence-corrected chi connectivity index (χ2v) is 0.560. The van der Waals surface area contributed by atoms with Crippen molar-refractivity contribution in [3.05, 3.63) is 6.33 Å². The van der Waals surface area contributed by atoms with Crippen molar-refractivity contribution in [3.63, 3.8) is 0 Å². The summed E-state index contributed by atoms with van der Waals surface area (Å²) in [6, 6.07) is 0. The number of nitrogens with one attached hydrogen (secondary N) is 1. The second kappa shape index (κ2) is 3.27. The number of tetrazole rings is 1. The van der Waals surface area contributed by atoms with Crippen LogP contribution in [-0.4, -0.2) is 50.2 Å². The van der Waals surface area contributed by atoms with Crippen LogP contribution in [0.1, 0.15) is 0 Å². The van der Waals surface area contributed by atoms with Gasteiger partial charge in [-0.25, -0.2) is 0 Å². The first-order chi connectivity index (χ1) is 2.50. The van der Waals surface area contributed by atoms with Gasteiger partial charge >= 0.3 is 0 Å². The number of rotatable bonds is 0. The van der Waals surface area contributed by atoms with Gasteiger partial charge in [-0.2, -0.15) is 5.21 Å². The van der Waals surface area contributed by atoms with Gasteiger partial charge in [0.15, 0.2) is 6.33 Å². The Labute approximate surface area is 56.6 Å². The van der Waals surface area contributed by atoms with Crippen molar-refractivity contribution in [1.29, 1.82) is 0 Å². The molecule has 1 rings (SSSR count). The molecule has 0 saturated carbocycles. The molecule has 0 aliphatic carbocycles. The summed E-state index contributed by atoms with van der Waals surface area (Å²) in [5.41, 5.74) is 0. The minimum atomic E-state index is 0. The zero-order valence-corrected chi connectivity index (χ0v) is 5.42. The van der Waals surface area contributed by atoms with Gasteiger partial charge in [-0.3, -0.25) is 0 Å². The van der Waals surface area contributed by atoms with E-state index < -0.39 is 0 Å². The maximum atomic E-state index is 3.38. The molecule has 0 fully saturated rings. The number of aromatic nitrogens is 4. The van der Waals surface area contributed by atoms with Gasteiger partial charge in [-0.1, -0.05) is 5.21 Å². The maximum Gasteiger partial charge on any atom is 0.161 e. The molecule has 6 heavy (non-hydrogen) atoms. The standard InChI is InChI=1S/CH2N4.Na/c1-2-4-5-3-1;/h1H,(H,2,3,4,5);. The molecule has 1 N–H and O–H groups in total. The largest absolute Gasteiger partial charge is 0.177 e. The van der Waals surface area contributed by atoms with E-state index in [4.69, 9.17) is 0 Å². The van der Waals surface area contributed by atoms with Gasteiger partial charge in [0, 0.05) is 29.6 Å². The van der Waals surface area contributed by atoms with E-state index in [0.717, 1.165) is 0 Å². The summed E-state index contributed by atoms with van der Waals surface area (Å²) in [6.07, 6.45) is 1.33. The fourth-order valence-electron chi connectivity index (χ4n) is 0.129. The van der Waals surface area contributed by atoms with Crippen LogP contribution in [0.3, 0.4) is 0 Å². The van der Waals surface area contributed by atoms with Crippen molar-refractivity contribution in [3.8, 4) is 0 Å². The quantitative estimate of drug-likeness (QED) is 0.411. The van der Waals surface area contributed by atoms with Gasteiger partial charge in [0.2, 0.25) is 0 Å². The number of hydrogen-bond acceptors (Lipinski definition) is 3. The molecule has 0 aliphatic rings. The van der Waals surface area contributed by atoms with Crippen molar-refractivity contribution >= 4 is 29.6 Å². The van der Waals surface area contributed by atoms with Crippen LogP contribution < -0.4 is 0 Å². The molecule has 1 aromatic heterocycles. The van der Waals surface area contributed by atoms with E-state index in [1.807, 2.05) is 0 Å². The van der Waals surface area contributed by atoms with E-state index in [1.165, 1.54) is 6.33 Å². The molecule has 0 aliphatic heterocycles. The third-order valence-electron chi connectivity index (χ3n) is 0.270. The summed E-state index contributed by atoms with van der Waals surface area (Å²) >= 11 is 0. The van der Waals surface area contributed by atoms with Gasteiger partial charge < -0.3 is 0 Å². The van der Waals surface area contributed by atoms with Crippen LogP contribution in [0, 0.1) is 0 Å². The Morgan fingerprint density at radius 1 is 1.50 bits per heavy atom. The monoisotopic (exact) mass is 93.0 g/mol. The maximum absolute atomic E-state index is 3.38. The molecule has 1 aromatic rings. The van der Waals surface area contributed by atoms with Crippen LogP contribution in [-0.2, 0) is 0 Å². The van der Waals surface area contributed by atoms with Crippen LogP contribution in [0.4, 0.5) is 0 Å². The van der Waals surface area contributed by atoms with Crippen LogP contribution in [0.5, 0.6) is 0 Å². The molecule has 0 spiro atoms. The molecule has 0 saturated heterocycles. The zero-order valence-electron chi connectivity index (χ0n) is 3.42. The molecule has 27 valence electrons.